The van der Waals surface area contributed by atoms with Crippen LogP contribution in [-0.2, 0) is 0 Å². The lowest BCUT2D eigenvalue weighted by Gasteiger charge is -2.35. The number of halogens is 5. The molecule has 1 saturated heterocycles. The minimum absolute atomic E-state index is 0.0509. The highest BCUT2D eigenvalue weighted by molar-refractivity contribution is 7.99. The molecule has 1 aromatic carbocycles. The molecule has 1 aliphatic heterocycles. The van der Waals surface area contributed by atoms with E-state index in [4.69, 9.17) is 0 Å². The zero-order chi connectivity index (χ0) is 15.1. The highest BCUT2D eigenvalue weighted by Gasteiger charge is 2.32. The molecule has 1 aromatic rings. The first-order chi connectivity index (χ1) is 9.23. The van der Waals surface area contributed by atoms with Crippen LogP contribution in [-0.4, -0.2) is 17.5 Å². The van der Waals surface area contributed by atoms with Crippen molar-refractivity contribution in [2.45, 2.75) is 26.3 Å². The van der Waals surface area contributed by atoms with Gasteiger partial charge in [0.2, 0.25) is 5.82 Å². The Bertz CT molecular complexity index is 503. The first-order valence-corrected chi connectivity index (χ1v) is 7.24. The molecule has 0 aliphatic carbocycles. The van der Waals surface area contributed by atoms with Crippen molar-refractivity contribution in [3.63, 3.8) is 0 Å². The fraction of sp³-hybridized carbons (Fsp3) is 0.538. The van der Waals surface area contributed by atoms with E-state index in [1.807, 2.05) is 13.8 Å². The molecule has 2 rings (SSSR count). The summed E-state index contributed by atoms with van der Waals surface area (Å²) in [6.07, 6.45) is 0.597. The Kier molecular flexibility index (Phi) is 4.18. The Morgan fingerprint density at radius 1 is 0.950 bits per heavy atom. The number of thioether (sulfide) groups is 1. The van der Waals surface area contributed by atoms with Gasteiger partial charge in [0.25, 0.3) is 0 Å². The van der Waals surface area contributed by atoms with Gasteiger partial charge in [-0.2, -0.15) is 11.8 Å². The topological polar surface area (TPSA) is 12.0 Å². The lowest BCUT2D eigenvalue weighted by atomic mass is 9.87. The van der Waals surface area contributed by atoms with Crippen molar-refractivity contribution in [2.24, 2.45) is 5.41 Å². The lowest BCUT2D eigenvalue weighted by molar-refractivity contribution is 0.353. The Labute approximate surface area is 117 Å². The number of anilines is 1. The minimum atomic E-state index is -2.14. The van der Waals surface area contributed by atoms with Crippen LogP contribution in [0.15, 0.2) is 0 Å². The van der Waals surface area contributed by atoms with Gasteiger partial charge in [0.1, 0.15) is 5.69 Å². The average Bonchev–Trinajstić information content (AvgIpc) is 2.38. The Balaban J connectivity index is 2.30. The Morgan fingerprint density at radius 3 is 1.95 bits per heavy atom. The van der Waals surface area contributed by atoms with E-state index in [-0.39, 0.29) is 11.5 Å². The predicted molar refractivity (Wildman–Crippen MR) is 69.4 cm³/mol. The second-order valence-corrected chi connectivity index (χ2v) is 6.70. The van der Waals surface area contributed by atoms with Gasteiger partial charge in [-0.15, -0.1) is 0 Å². The molecule has 112 valence electrons. The number of nitrogens with one attached hydrogen (secondary N) is 1. The number of rotatable bonds is 2. The normalized spacial score (nSPS) is 21.9. The number of benzene rings is 1. The van der Waals surface area contributed by atoms with Gasteiger partial charge in [-0.1, -0.05) is 13.8 Å². The summed E-state index contributed by atoms with van der Waals surface area (Å²) in [6.45, 7) is 3.98. The van der Waals surface area contributed by atoms with Gasteiger partial charge in [0, 0.05) is 11.8 Å². The average molecular weight is 311 g/mol. The second-order valence-electron chi connectivity index (χ2n) is 5.67. The van der Waals surface area contributed by atoms with Crippen molar-refractivity contribution in [1.29, 1.82) is 0 Å². The maximum atomic E-state index is 13.6. The van der Waals surface area contributed by atoms with Crippen LogP contribution in [0.3, 0.4) is 0 Å². The molecule has 0 spiro atoms. The smallest absolute Gasteiger partial charge is 0.200 e. The summed E-state index contributed by atoms with van der Waals surface area (Å²) in [5.74, 6) is -8.15. The molecule has 20 heavy (non-hydrogen) atoms. The molecular formula is C13H14F5NS. The maximum Gasteiger partial charge on any atom is 0.200 e. The van der Waals surface area contributed by atoms with Crippen LogP contribution in [0.4, 0.5) is 27.6 Å². The van der Waals surface area contributed by atoms with E-state index < -0.39 is 34.8 Å². The van der Waals surface area contributed by atoms with Crippen LogP contribution >= 0.6 is 11.8 Å². The zero-order valence-corrected chi connectivity index (χ0v) is 11.8. The summed E-state index contributed by atoms with van der Waals surface area (Å²) in [5, 5.41) is 2.46. The standard InChI is InChI=1S/C13H14F5NS/c1-13(2)3-6(4-20-5-13)19-12-10(17)8(15)7(14)9(16)11(12)18/h6,19H,3-5H2,1-2H3. The molecule has 0 amide bonds. The zero-order valence-electron chi connectivity index (χ0n) is 11.0. The molecule has 0 aromatic heterocycles. The molecule has 1 fully saturated rings. The molecule has 7 heteroatoms. The third kappa shape index (κ3) is 2.87. The number of hydrogen-bond donors (Lipinski definition) is 1. The van der Waals surface area contributed by atoms with Crippen LogP contribution in [0.5, 0.6) is 0 Å². The van der Waals surface area contributed by atoms with Gasteiger partial charge < -0.3 is 5.32 Å². The van der Waals surface area contributed by atoms with Crippen molar-refractivity contribution in [1.82, 2.24) is 0 Å². The van der Waals surface area contributed by atoms with E-state index in [9.17, 15) is 22.0 Å². The van der Waals surface area contributed by atoms with E-state index in [2.05, 4.69) is 5.32 Å². The largest absolute Gasteiger partial charge is 0.377 e. The SMILES string of the molecule is CC1(C)CSCC(Nc2c(F)c(F)c(F)c(F)c2F)C1. The van der Waals surface area contributed by atoms with Crippen LogP contribution in [0.25, 0.3) is 0 Å². The molecule has 0 saturated carbocycles. The fourth-order valence-electron chi connectivity index (χ4n) is 2.29. The van der Waals surface area contributed by atoms with E-state index >= 15 is 0 Å². The molecule has 1 nitrogen and oxygen atoms in total. The summed E-state index contributed by atoms with van der Waals surface area (Å²) in [6, 6.07) is -0.336. The van der Waals surface area contributed by atoms with E-state index in [0.29, 0.717) is 12.2 Å². The van der Waals surface area contributed by atoms with Crippen LogP contribution in [0.2, 0.25) is 0 Å². The lowest BCUT2D eigenvalue weighted by Crippen LogP contribution is -2.36. The minimum Gasteiger partial charge on any atom is -0.377 e. The summed E-state index contributed by atoms with van der Waals surface area (Å²) in [5.41, 5.74) is -0.991. The second kappa shape index (κ2) is 5.42. The molecule has 1 atom stereocenters. The summed E-state index contributed by atoms with van der Waals surface area (Å²) in [4.78, 5) is 0. The Morgan fingerprint density at radius 2 is 1.45 bits per heavy atom. The van der Waals surface area contributed by atoms with Gasteiger partial charge in [-0.05, 0) is 17.6 Å². The fourth-order valence-corrected chi connectivity index (χ4v) is 3.56. The molecule has 0 radical (unpaired) electrons. The van der Waals surface area contributed by atoms with Gasteiger partial charge >= 0.3 is 0 Å². The summed E-state index contributed by atoms with van der Waals surface area (Å²) >= 11 is 1.58. The molecule has 1 aliphatic rings. The monoisotopic (exact) mass is 311 g/mol. The van der Waals surface area contributed by atoms with Crippen molar-refractivity contribution < 1.29 is 22.0 Å². The third-order valence-electron chi connectivity index (χ3n) is 3.17. The third-order valence-corrected chi connectivity index (χ3v) is 4.79. The molecule has 1 heterocycles. The van der Waals surface area contributed by atoms with Gasteiger partial charge in [0.05, 0.1) is 0 Å². The first-order valence-electron chi connectivity index (χ1n) is 6.08. The predicted octanol–water partition coefficient (Wildman–Crippen LogP) is 4.33. The van der Waals surface area contributed by atoms with Crippen molar-refractivity contribution in [3.8, 4) is 0 Å². The van der Waals surface area contributed by atoms with Gasteiger partial charge in [-0.3, -0.25) is 0 Å². The van der Waals surface area contributed by atoms with E-state index in [1.165, 1.54) is 0 Å². The van der Waals surface area contributed by atoms with Crippen LogP contribution in [0.1, 0.15) is 20.3 Å². The van der Waals surface area contributed by atoms with Crippen LogP contribution < -0.4 is 5.32 Å². The number of hydrogen-bond acceptors (Lipinski definition) is 2. The van der Waals surface area contributed by atoms with Gasteiger partial charge in [0.15, 0.2) is 23.3 Å². The molecular weight excluding hydrogens is 297 g/mol. The van der Waals surface area contributed by atoms with Crippen molar-refractivity contribution >= 4 is 17.4 Å². The summed E-state index contributed by atoms with van der Waals surface area (Å²) in [7, 11) is 0. The maximum absolute atomic E-state index is 13.6. The molecule has 1 unspecified atom stereocenters. The molecule has 1 N–H and O–H groups in total. The van der Waals surface area contributed by atoms with Gasteiger partial charge in [-0.25, -0.2) is 22.0 Å². The molecule has 0 bridgehead atoms. The Hall–Kier alpha value is -0.980. The highest BCUT2D eigenvalue weighted by atomic mass is 32.2. The van der Waals surface area contributed by atoms with Crippen molar-refractivity contribution in [3.05, 3.63) is 29.1 Å². The van der Waals surface area contributed by atoms with E-state index in [1.54, 1.807) is 11.8 Å². The van der Waals surface area contributed by atoms with Crippen LogP contribution in [0, 0.1) is 34.5 Å². The van der Waals surface area contributed by atoms with Crippen molar-refractivity contribution in [2.75, 3.05) is 16.8 Å². The highest BCUT2D eigenvalue weighted by Crippen LogP contribution is 2.36. The first kappa shape index (κ1) is 15.4. The summed E-state index contributed by atoms with van der Waals surface area (Å²) < 4.78 is 66.3. The van der Waals surface area contributed by atoms with E-state index in [0.717, 1.165) is 5.75 Å². The quantitative estimate of drug-likeness (QED) is 0.496.